The van der Waals surface area contributed by atoms with Gasteiger partial charge in [-0.2, -0.15) is 0 Å². The highest BCUT2D eigenvalue weighted by Gasteiger charge is 2.41. The maximum atomic E-state index is 12.4. The van der Waals surface area contributed by atoms with Gasteiger partial charge in [-0.3, -0.25) is 0 Å². The number of sulfonamides is 1. The lowest BCUT2D eigenvalue weighted by Crippen LogP contribution is -2.34. The summed E-state index contributed by atoms with van der Waals surface area (Å²) in [7, 11) is -3.39. The van der Waals surface area contributed by atoms with E-state index in [-0.39, 0.29) is 5.54 Å². The van der Waals surface area contributed by atoms with Gasteiger partial charge in [-0.25, -0.2) is 13.1 Å². The third kappa shape index (κ3) is 2.92. The van der Waals surface area contributed by atoms with E-state index >= 15 is 0 Å². The van der Waals surface area contributed by atoms with Crippen molar-refractivity contribution in [3.05, 3.63) is 18.0 Å². The zero-order chi connectivity index (χ0) is 14.4. The molecule has 0 spiro atoms. The molecule has 0 unspecified atom stereocenters. The summed E-state index contributed by atoms with van der Waals surface area (Å²) in [5, 5.41) is 3.28. The molecule has 0 radical (unpaired) electrons. The Bertz CT molecular complexity index is 598. The molecule has 3 rings (SSSR count). The smallest absolute Gasteiger partial charge is 0.242 e. The Labute approximate surface area is 120 Å². The highest BCUT2D eigenvalue weighted by atomic mass is 32.2. The van der Waals surface area contributed by atoms with Crippen LogP contribution in [0.5, 0.6) is 0 Å². The number of hydrogen-bond acceptors (Lipinski definition) is 3. The first-order chi connectivity index (χ1) is 9.43. The molecule has 5 nitrogen and oxygen atoms in total. The monoisotopic (exact) mass is 297 g/mol. The van der Waals surface area contributed by atoms with Crippen molar-refractivity contribution in [2.24, 2.45) is 0 Å². The van der Waals surface area contributed by atoms with E-state index in [4.69, 9.17) is 0 Å². The van der Waals surface area contributed by atoms with Gasteiger partial charge in [0.15, 0.2) is 0 Å². The van der Waals surface area contributed by atoms with E-state index in [9.17, 15) is 8.42 Å². The van der Waals surface area contributed by atoms with Crippen molar-refractivity contribution < 1.29 is 8.42 Å². The van der Waals surface area contributed by atoms with Gasteiger partial charge in [0.1, 0.15) is 0 Å². The minimum absolute atomic E-state index is 0.220. The number of aromatic nitrogens is 1. The third-order valence-corrected chi connectivity index (χ3v) is 5.70. The summed E-state index contributed by atoms with van der Waals surface area (Å²) in [6, 6.07) is 2.30. The molecule has 20 heavy (non-hydrogen) atoms. The fourth-order valence-corrected chi connectivity index (χ4v) is 3.92. The molecule has 1 heterocycles. The molecule has 0 bridgehead atoms. The van der Waals surface area contributed by atoms with Crippen LogP contribution in [0, 0.1) is 0 Å². The Hall–Kier alpha value is -0.850. The Morgan fingerprint density at radius 1 is 1.40 bits per heavy atom. The molecular weight excluding hydrogens is 274 g/mol. The summed E-state index contributed by atoms with van der Waals surface area (Å²) < 4.78 is 29.8. The van der Waals surface area contributed by atoms with Gasteiger partial charge in [-0.1, -0.05) is 6.92 Å². The molecule has 0 saturated heterocycles. The Morgan fingerprint density at radius 2 is 2.10 bits per heavy atom. The standard InChI is InChI=1S/C14H23N3O2S/c1-3-15-9-12-8-13(10-17(12)11-4-5-11)20(18,19)16-14(2)6-7-14/h8,10-11,15-16H,3-7,9H2,1-2H3. The lowest BCUT2D eigenvalue weighted by atomic mass is 10.4. The Morgan fingerprint density at radius 3 is 2.65 bits per heavy atom. The maximum absolute atomic E-state index is 12.4. The molecule has 6 heteroatoms. The van der Waals surface area contributed by atoms with Gasteiger partial charge in [0.25, 0.3) is 0 Å². The van der Waals surface area contributed by atoms with Gasteiger partial charge in [0.2, 0.25) is 10.0 Å². The van der Waals surface area contributed by atoms with E-state index in [1.807, 2.05) is 13.0 Å². The van der Waals surface area contributed by atoms with E-state index in [0.29, 0.717) is 10.9 Å². The fraction of sp³-hybridized carbons (Fsp3) is 0.714. The van der Waals surface area contributed by atoms with Crippen molar-refractivity contribution in [2.45, 2.75) is 62.6 Å². The first-order valence-electron chi connectivity index (χ1n) is 7.39. The van der Waals surface area contributed by atoms with Gasteiger partial charge in [0.05, 0.1) is 4.90 Å². The molecule has 1 aromatic rings. The number of rotatable bonds is 7. The maximum Gasteiger partial charge on any atom is 0.242 e. The van der Waals surface area contributed by atoms with Crippen LogP contribution in [0.2, 0.25) is 0 Å². The topological polar surface area (TPSA) is 63.1 Å². The van der Waals surface area contributed by atoms with Crippen LogP contribution in [0.4, 0.5) is 0 Å². The molecule has 0 atom stereocenters. The molecular formula is C14H23N3O2S. The summed E-state index contributed by atoms with van der Waals surface area (Å²) in [5.74, 6) is 0. The molecule has 2 N–H and O–H groups in total. The number of hydrogen-bond donors (Lipinski definition) is 2. The summed E-state index contributed by atoms with van der Waals surface area (Å²) in [5.41, 5.74) is 0.846. The molecule has 0 aliphatic heterocycles. The van der Waals surface area contributed by atoms with Crippen LogP contribution in [0.25, 0.3) is 0 Å². The second-order valence-corrected chi connectivity index (χ2v) is 7.93. The quantitative estimate of drug-likeness (QED) is 0.806. The first-order valence-corrected chi connectivity index (χ1v) is 8.87. The minimum Gasteiger partial charge on any atom is -0.346 e. The van der Waals surface area contributed by atoms with E-state index in [1.165, 1.54) is 0 Å². The summed E-state index contributed by atoms with van der Waals surface area (Å²) in [6.45, 7) is 5.62. The third-order valence-electron chi connectivity index (χ3n) is 4.09. The van der Waals surface area contributed by atoms with E-state index in [2.05, 4.69) is 21.5 Å². The first kappa shape index (κ1) is 14.1. The van der Waals surface area contributed by atoms with Crippen LogP contribution in [-0.2, 0) is 16.6 Å². The van der Waals surface area contributed by atoms with Gasteiger partial charge in [-0.15, -0.1) is 0 Å². The molecule has 1 aromatic heterocycles. The number of nitrogens with zero attached hydrogens (tertiary/aromatic N) is 1. The predicted molar refractivity (Wildman–Crippen MR) is 78.0 cm³/mol. The van der Waals surface area contributed by atoms with Crippen LogP contribution < -0.4 is 10.0 Å². The largest absolute Gasteiger partial charge is 0.346 e. The summed E-state index contributed by atoms with van der Waals surface area (Å²) >= 11 is 0. The van der Waals surface area contributed by atoms with Crippen molar-refractivity contribution in [1.29, 1.82) is 0 Å². The molecule has 112 valence electrons. The average Bonchev–Trinajstić information content (AvgIpc) is 3.29. The van der Waals surface area contributed by atoms with E-state index in [1.54, 1.807) is 6.20 Å². The van der Waals surface area contributed by atoms with Gasteiger partial charge in [-0.05, 0) is 45.2 Å². The fourth-order valence-electron chi connectivity index (χ4n) is 2.40. The Balaban J connectivity index is 1.85. The SMILES string of the molecule is CCNCc1cc(S(=O)(=O)NC2(C)CC2)cn1C1CC1. The molecule has 0 aromatic carbocycles. The Kier molecular flexibility index (Phi) is 3.43. The van der Waals surface area contributed by atoms with Crippen molar-refractivity contribution >= 4 is 10.0 Å². The molecule has 2 aliphatic rings. The normalized spacial score (nSPS) is 21.1. The number of nitrogens with one attached hydrogen (secondary N) is 2. The zero-order valence-corrected chi connectivity index (χ0v) is 13.0. The highest BCUT2D eigenvalue weighted by Crippen LogP contribution is 2.39. The highest BCUT2D eigenvalue weighted by molar-refractivity contribution is 7.89. The van der Waals surface area contributed by atoms with Crippen LogP contribution >= 0.6 is 0 Å². The van der Waals surface area contributed by atoms with Crippen LogP contribution in [-0.4, -0.2) is 25.1 Å². The second kappa shape index (κ2) is 4.86. The van der Waals surface area contributed by atoms with Crippen LogP contribution in [0.1, 0.15) is 51.3 Å². The lowest BCUT2D eigenvalue weighted by Gasteiger charge is -2.10. The molecule has 2 fully saturated rings. The van der Waals surface area contributed by atoms with Crippen molar-refractivity contribution in [3.8, 4) is 0 Å². The predicted octanol–water partition coefficient (Wildman–Crippen LogP) is 1.76. The second-order valence-electron chi connectivity index (χ2n) is 6.25. The van der Waals surface area contributed by atoms with E-state index < -0.39 is 10.0 Å². The summed E-state index contributed by atoms with van der Waals surface area (Å²) in [6.07, 6.45) is 5.97. The van der Waals surface area contributed by atoms with Crippen LogP contribution in [0.15, 0.2) is 17.2 Å². The van der Waals surface area contributed by atoms with Gasteiger partial charge in [0, 0.05) is 30.0 Å². The zero-order valence-electron chi connectivity index (χ0n) is 12.1. The molecule has 2 saturated carbocycles. The summed E-state index contributed by atoms with van der Waals surface area (Å²) in [4.78, 5) is 0.408. The van der Waals surface area contributed by atoms with Gasteiger partial charge >= 0.3 is 0 Å². The van der Waals surface area contributed by atoms with E-state index in [0.717, 1.165) is 44.5 Å². The van der Waals surface area contributed by atoms with Crippen molar-refractivity contribution in [3.63, 3.8) is 0 Å². The van der Waals surface area contributed by atoms with Gasteiger partial charge < -0.3 is 9.88 Å². The molecule has 0 amide bonds. The lowest BCUT2D eigenvalue weighted by molar-refractivity contribution is 0.557. The van der Waals surface area contributed by atoms with Crippen molar-refractivity contribution in [2.75, 3.05) is 6.54 Å². The van der Waals surface area contributed by atoms with Crippen molar-refractivity contribution in [1.82, 2.24) is 14.6 Å². The minimum atomic E-state index is -3.39. The molecule has 2 aliphatic carbocycles. The van der Waals surface area contributed by atoms with Crippen LogP contribution in [0.3, 0.4) is 0 Å². The average molecular weight is 297 g/mol.